The van der Waals surface area contributed by atoms with Gasteiger partial charge in [-0.15, -0.1) is 0 Å². The predicted octanol–water partition coefficient (Wildman–Crippen LogP) is 3.45. The molecule has 0 aliphatic rings. The summed E-state index contributed by atoms with van der Waals surface area (Å²) in [4.78, 5) is 0. The van der Waals surface area contributed by atoms with Gasteiger partial charge in [0.2, 0.25) is 0 Å². The van der Waals surface area contributed by atoms with Crippen LogP contribution >= 0.6 is 0 Å². The molecule has 0 radical (unpaired) electrons. The van der Waals surface area contributed by atoms with Gasteiger partial charge in [-0.2, -0.15) is 5.26 Å². The summed E-state index contributed by atoms with van der Waals surface area (Å²) >= 11 is 0. The highest BCUT2D eigenvalue weighted by atomic mass is 16.5. The molecule has 0 amide bonds. The Labute approximate surface area is 97.9 Å². The average Bonchev–Trinajstić information content (AvgIpc) is 2.29. The second kappa shape index (κ2) is 5.03. The molecule has 2 heteroatoms. The van der Waals surface area contributed by atoms with Crippen molar-refractivity contribution in [3.05, 3.63) is 29.3 Å². The van der Waals surface area contributed by atoms with Gasteiger partial charge >= 0.3 is 0 Å². The number of hydrogen-bond donors (Lipinski definition) is 0. The Bertz CT molecular complexity index is 402. The van der Waals surface area contributed by atoms with Crippen LogP contribution in [-0.4, -0.2) is 7.11 Å². The van der Waals surface area contributed by atoms with Gasteiger partial charge in [-0.05, 0) is 23.5 Å². The van der Waals surface area contributed by atoms with Crippen molar-refractivity contribution in [3.63, 3.8) is 0 Å². The van der Waals surface area contributed by atoms with E-state index in [1.807, 2.05) is 6.07 Å². The number of methoxy groups -OCH3 is 1. The Morgan fingerprint density at radius 2 is 2.06 bits per heavy atom. The zero-order valence-corrected chi connectivity index (χ0v) is 10.5. The molecular weight excluding hydrogens is 198 g/mol. The van der Waals surface area contributed by atoms with Gasteiger partial charge in [-0.1, -0.05) is 32.9 Å². The minimum absolute atomic E-state index is 0.149. The molecular formula is C14H19NO. The molecule has 0 heterocycles. The van der Waals surface area contributed by atoms with E-state index in [2.05, 4.69) is 39.0 Å². The number of benzene rings is 1. The van der Waals surface area contributed by atoms with Gasteiger partial charge < -0.3 is 4.74 Å². The molecule has 16 heavy (non-hydrogen) atoms. The summed E-state index contributed by atoms with van der Waals surface area (Å²) in [6.07, 6.45) is 1.47. The Morgan fingerprint density at radius 1 is 1.38 bits per heavy atom. The van der Waals surface area contributed by atoms with Crippen molar-refractivity contribution in [2.24, 2.45) is 0 Å². The highest BCUT2D eigenvalue weighted by molar-refractivity contribution is 5.41. The first-order valence-corrected chi connectivity index (χ1v) is 5.59. The maximum atomic E-state index is 8.78. The summed E-state index contributed by atoms with van der Waals surface area (Å²) in [5.74, 6) is 0.803. The van der Waals surface area contributed by atoms with Crippen LogP contribution in [0.1, 0.15) is 38.3 Å². The molecule has 0 aromatic heterocycles. The first-order chi connectivity index (χ1) is 7.55. The maximum absolute atomic E-state index is 8.78. The van der Waals surface area contributed by atoms with E-state index in [0.717, 1.165) is 17.7 Å². The quantitative estimate of drug-likeness (QED) is 0.774. The van der Waals surface area contributed by atoms with Gasteiger partial charge in [0.05, 0.1) is 19.6 Å². The van der Waals surface area contributed by atoms with E-state index in [0.29, 0.717) is 6.42 Å². The lowest BCUT2D eigenvalue weighted by molar-refractivity contribution is 0.409. The lowest BCUT2D eigenvalue weighted by Gasteiger charge is -2.24. The van der Waals surface area contributed by atoms with Crippen LogP contribution in [-0.2, 0) is 11.8 Å². The number of nitriles is 1. The van der Waals surface area contributed by atoms with Crippen LogP contribution < -0.4 is 4.74 Å². The third kappa shape index (κ3) is 2.55. The summed E-state index contributed by atoms with van der Waals surface area (Å²) in [5.41, 5.74) is 2.39. The van der Waals surface area contributed by atoms with Crippen LogP contribution in [0.3, 0.4) is 0 Å². The number of nitrogens with zero attached hydrogens (tertiary/aromatic N) is 1. The monoisotopic (exact) mass is 217 g/mol. The minimum atomic E-state index is 0.149. The van der Waals surface area contributed by atoms with Gasteiger partial charge in [0.1, 0.15) is 5.75 Å². The Balaban J connectivity index is 3.17. The molecule has 0 saturated heterocycles. The van der Waals surface area contributed by atoms with Crippen LogP contribution in [0.15, 0.2) is 18.2 Å². The fourth-order valence-corrected chi connectivity index (χ4v) is 1.63. The molecule has 0 unspecified atom stereocenters. The molecule has 0 spiro atoms. The first-order valence-electron chi connectivity index (χ1n) is 5.59. The number of rotatable bonds is 4. The summed E-state index contributed by atoms with van der Waals surface area (Å²) in [5, 5.41) is 8.78. The van der Waals surface area contributed by atoms with Crippen molar-refractivity contribution >= 4 is 0 Å². The van der Waals surface area contributed by atoms with E-state index in [-0.39, 0.29) is 5.41 Å². The third-order valence-corrected chi connectivity index (χ3v) is 3.22. The molecule has 1 rings (SSSR count). The van der Waals surface area contributed by atoms with Crippen molar-refractivity contribution in [1.29, 1.82) is 5.26 Å². The fraction of sp³-hybridized carbons (Fsp3) is 0.500. The van der Waals surface area contributed by atoms with Crippen molar-refractivity contribution in [1.82, 2.24) is 0 Å². The second-order valence-corrected chi connectivity index (χ2v) is 4.60. The van der Waals surface area contributed by atoms with Crippen LogP contribution in [0.4, 0.5) is 0 Å². The molecule has 0 fully saturated rings. The topological polar surface area (TPSA) is 33.0 Å². The molecule has 0 N–H and O–H groups in total. The zero-order chi connectivity index (χ0) is 12.2. The van der Waals surface area contributed by atoms with E-state index in [9.17, 15) is 0 Å². The summed E-state index contributed by atoms with van der Waals surface area (Å²) in [7, 11) is 1.64. The zero-order valence-electron chi connectivity index (χ0n) is 10.5. The molecule has 0 bridgehead atoms. The normalized spacial score (nSPS) is 10.9. The van der Waals surface area contributed by atoms with Crippen molar-refractivity contribution in [2.45, 2.75) is 39.0 Å². The highest BCUT2D eigenvalue weighted by Gasteiger charge is 2.19. The van der Waals surface area contributed by atoms with Gasteiger partial charge in [0, 0.05) is 5.56 Å². The van der Waals surface area contributed by atoms with Crippen molar-refractivity contribution < 1.29 is 4.74 Å². The Hall–Kier alpha value is -1.49. The number of hydrogen-bond acceptors (Lipinski definition) is 2. The first kappa shape index (κ1) is 12.6. The van der Waals surface area contributed by atoms with Crippen LogP contribution in [0, 0.1) is 11.3 Å². The van der Waals surface area contributed by atoms with Crippen LogP contribution in [0.2, 0.25) is 0 Å². The van der Waals surface area contributed by atoms with Crippen molar-refractivity contribution in [2.75, 3.05) is 7.11 Å². The van der Waals surface area contributed by atoms with E-state index in [4.69, 9.17) is 10.00 Å². The van der Waals surface area contributed by atoms with Gasteiger partial charge in [0.15, 0.2) is 0 Å². The third-order valence-electron chi connectivity index (χ3n) is 3.22. The average molecular weight is 217 g/mol. The molecule has 0 aliphatic heterocycles. The largest absolute Gasteiger partial charge is 0.496 e. The predicted molar refractivity (Wildman–Crippen MR) is 65.6 cm³/mol. The molecule has 86 valence electrons. The highest BCUT2D eigenvalue weighted by Crippen LogP contribution is 2.30. The molecule has 0 atom stereocenters. The van der Waals surface area contributed by atoms with Crippen LogP contribution in [0.5, 0.6) is 5.75 Å². The SMILES string of the molecule is CCC(C)(C)c1ccc(OC)c(CC#N)c1. The lowest BCUT2D eigenvalue weighted by Crippen LogP contribution is -2.15. The van der Waals surface area contributed by atoms with Gasteiger partial charge in [0.25, 0.3) is 0 Å². The smallest absolute Gasteiger partial charge is 0.123 e. The van der Waals surface area contributed by atoms with Crippen molar-refractivity contribution in [3.8, 4) is 11.8 Å². The summed E-state index contributed by atoms with van der Waals surface area (Å²) in [6.45, 7) is 6.60. The minimum Gasteiger partial charge on any atom is -0.496 e. The Kier molecular flexibility index (Phi) is 3.95. The Morgan fingerprint density at radius 3 is 2.56 bits per heavy atom. The van der Waals surface area contributed by atoms with E-state index < -0.39 is 0 Å². The van der Waals surface area contributed by atoms with E-state index in [1.165, 1.54) is 5.56 Å². The van der Waals surface area contributed by atoms with E-state index in [1.54, 1.807) is 7.11 Å². The maximum Gasteiger partial charge on any atom is 0.123 e. The van der Waals surface area contributed by atoms with E-state index >= 15 is 0 Å². The summed E-state index contributed by atoms with van der Waals surface area (Å²) in [6, 6.07) is 8.31. The van der Waals surface area contributed by atoms with Gasteiger partial charge in [-0.3, -0.25) is 0 Å². The second-order valence-electron chi connectivity index (χ2n) is 4.60. The molecule has 0 saturated carbocycles. The van der Waals surface area contributed by atoms with Crippen LogP contribution in [0.25, 0.3) is 0 Å². The molecule has 0 aliphatic carbocycles. The standard InChI is InChI=1S/C14H19NO/c1-5-14(2,3)12-6-7-13(16-4)11(10-12)8-9-15/h6-7,10H,5,8H2,1-4H3. The molecule has 1 aromatic rings. The molecule has 1 aromatic carbocycles. The summed E-state index contributed by atoms with van der Waals surface area (Å²) < 4.78 is 5.25. The fourth-order valence-electron chi connectivity index (χ4n) is 1.63. The lowest BCUT2D eigenvalue weighted by atomic mass is 9.81. The number of ether oxygens (including phenoxy) is 1. The van der Waals surface area contributed by atoms with Gasteiger partial charge in [-0.25, -0.2) is 0 Å². The molecule has 2 nitrogen and oxygen atoms in total.